The van der Waals surface area contributed by atoms with Gasteiger partial charge < -0.3 is 0 Å². The van der Waals surface area contributed by atoms with Gasteiger partial charge in [-0.05, 0) is 0 Å². The summed E-state index contributed by atoms with van der Waals surface area (Å²) in [7, 11) is 2.17. The average molecular weight is 154 g/mol. The summed E-state index contributed by atoms with van der Waals surface area (Å²) in [5.41, 5.74) is 0. The second-order valence-corrected chi connectivity index (χ2v) is 3.37. The second kappa shape index (κ2) is 2.72. The maximum atomic E-state index is 3.44. The molecular formula is C8H16N3+. The molecule has 2 rings (SSSR count). The number of nitrogens with zero attached hydrogens (tertiary/aromatic N) is 2. The van der Waals surface area contributed by atoms with Crippen molar-refractivity contribution >= 4 is 5.96 Å². The number of hydrogen-bond acceptors (Lipinski definition) is 2. The highest BCUT2D eigenvalue weighted by Crippen LogP contribution is 2.02. The van der Waals surface area contributed by atoms with Gasteiger partial charge in [-0.25, -0.2) is 0 Å². The standard InChI is InChI=1S/C8H15N3/c1-10-5-3-7-11-6-2-4-9-8(10)11/h2-7H2,1H3/p+1. The Morgan fingerprint density at radius 3 is 3.00 bits per heavy atom. The molecule has 1 N–H and O–H groups in total. The van der Waals surface area contributed by atoms with Gasteiger partial charge in [-0.15, -0.1) is 0 Å². The van der Waals surface area contributed by atoms with Gasteiger partial charge in [0.05, 0.1) is 33.2 Å². The fraction of sp³-hybridized carbons (Fsp3) is 0.875. The van der Waals surface area contributed by atoms with Crippen molar-refractivity contribution in [2.24, 2.45) is 0 Å². The fourth-order valence-corrected chi connectivity index (χ4v) is 1.89. The Kier molecular flexibility index (Phi) is 1.72. The molecule has 0 aliphatic carbocycles. The van der Waals surface area contributed by atoms with Crippen LogP contribution < -0.4 is 5.32 Å². The first-order chi connectivity index (χ1) is 5.38. The Morgan fingerprint density at radius 2 is 2.18 bits per heavy atom. The molecule has 0 saturated heterocycles. The lowest BCUT2D eigenvalue weighted by Gasteiger charge is -2.28. The maximum Gasteiger partial charge on any atom is 0.347 e. The third-order valence-electron chi connectivity index (χ3n) is 2.47. The van der Waals surface area contributed by atoms with E-state index in [1.54, 1.807) is 0 Å². The van der Waals surface area contributed by atoms with Crippen LogP contribution >= 0.6 is 0 Å². The van der Waals surface area contributed by atoms with E-state index in [0.717, 1.165) is 6.54 Å². The molecule has 0 amide bonds. The van der Waals surface area contributed by atoms with Crippen LogP contribution in [-0.2, 0) is 0 Å². The molecular weight excluding hydrogens is 138 g/mol. The molecule has 0 atom stereocenters. The monoisotopic (exact) mass is 154 g/mol. The van der Waals surface area contributed by atoms with E-state index in [0.29, 0.717) is 0 Å². The lowest BCUT2D eigenvalue weighted by molar-refractivity contribution is -0.544. The number of guanidine groups is 1. The van der Waals surface area contributed by atoms with Crippen LogP contribution in [0.2, 0.25) is 0 Å². The number of hydrogen-bond donors (Lipinski definition) is 1. The SMILES string of the molecule is CN1CCC[N+]2=C1NCCC2. The summed E-state index contributed by atoms with van der Waals surface area (Å²) < 4.78 is 2.45. The number of rotatable bonds is 0. The summed E-state index contributed by atoms with van der Waals surface area (Å²) in [6.45, 7) is 4.84. The minimum absolute atomic E-state index is 1.15. The van der Waals surface area contributed by atoms with Gasteiger partial charge in [-0.2, -0.15) is 0 Å². The normalized spacial score (nSPS) is 24.6. The van der Waals surface area contributed by atoms with E-state index in [-0.39, 0.29) is 0 Å². The third-order valence-corrected chi connectivity index (χ3v) is 2.47. The van der Waals surface area contributed by atoms with Crippen LogP contribution in [0.15, 0.2) is 0 Å². The molecule has 2 aliphatic rings. The van der Waals surface area contributed by atoms with Crippen LogP contribution in [0.1, 0.15) is 12.8 Å². The molecule has 0 radical (unpaired) electrons. The van der Waals surface area contributed by atoms with Crippen molar-refractivity contribution in [2.45, 2.75) is 12.8 Å². The molecule has 3 nitrogen and oxygen atoms in total. The summed E-state index contributed by atoms with van der Waals surface area (Å²) in [5, 5.41) is 3.44. The smallest absolute Gasteiger partial charge is 0.278 e. The molecule has 0 aromatic heterocycles. The van der Waals surface area contributed by atoms with Gasteiger partial charge in [0.1, 0.15) is 0 Å². The molecule has 11 heavy (non-hydrogen) atoms. The molecule has 0 unspecified atom stereocenters. The van der Waals surface area contributed by atoms with Gasteiger partial charge in [0.2, 0.25) is 0 Å². The first kappa shape index (κ1) is 6.95. The molecule has 62 valence electrons. The van der Waals surface area contributed by atoms with Gasteiger partial charge in [0, 0.05) is 12.8 Å². The highest BCUT2D eigenvalue weighted by molar-refractivity contribution is 5.75. The van der Waals surface area contributed by atoms with Crippen molar-refractivity contribution < 1.29 is 4.58 Å². The predicted molar refractivity (Wildman–Crippen MR) is 44.9 cm³/mol. The Hall–Kier alpha value is -0.730. The summed E-state index contributed by atoms with van der Waals surface area (Å²) >= 11 is 0. The molecule has 2 aliphatic heterocycles. The van der Waals surface area contributed by atoms with E-state index >= 15 is 0 Å². The molecule has 0 aromatic carbocycles. The topological polar surface area (TPSA) is 18.3 Å². The Balaban J connectivity index is 2.21. The lowest BCUT2D eigenvalue weighted by atomic mass is 10.2. The van der Waals surface area contributed by atoms with Crippen molar-refractivity contribution in [2.75, 3.05) is 33.2 Å². The summed E-state index contributed by atoms with van der Waals surface area (Å²) in [5.74, 6) is 1.35. The maximum absolute atomic E-state index is 3.44. The molecule has 0 fully saturated rings. The molecule has 0 spiro atoms. The van der Waals surface area contributed by atoms with Crippen LogP contribution in [0, 0.1) is 0 Å². The fourth-order valence-electron chi connectivity index (χ4n) is 1.89. The highest BCUT2D eigenvalue weighted by atomic mass is 15.4. The van der Waals surface area contributed by atoms with E-state index in [9.17, 15) is 0 Å². The molecule has 0 bridgehead atoms. The van der Waals surface area contributed by atoms with Crippen molar-refractivity contribution in [1.29, 1.82) is 0 Å². The van der Waals surface area contributed by atoms with Crippen molar-refractivity contribution in [3.63, 3.8) is 0 Å². The quantitative estimate of drug-likeness (QED) is 0.482. The van der Waals surface area contributed by atoms with E-state index < -0.39 is 0 Å². The minimum atomic E-state index is 1.15. The zero-order chi connectivity index (χ0) is 7.68. The van der Waals surface area contributed by atoms with Crippen LogP contribution in [0.3, 0.4) is 0 Å². The van der Waals surface area contributed by atoms with Gasteiger partial charge in [-0.3, -0.25) is 14.8 Å². The summed E-state index contributed by atoms with van der Waals surface area (Å²) in [6.07, 6.45) is 2.60. The first-order valence-electron chi connectivity index (χ1n) is 4.45. The third kappa shape index (κ3) is 1.19. The van der Waals surface area contributed by atoms with Crippen LogP contribution in [0.25, 0.3) is 0 Å². The van der Waals surface area contributed by atoms with E-state index in [2.05, 4.69) is 21.8 Å². The van der Waals surface area contributed by atoms with Crippen molar-refractivity contribution in [3.05, 3.63) is 0 Å². The lowest BCUT2D eigenvalue weighted by Crippen LogP contribution is -2.53. The van der Waals surface area contributed by atoms with Gasteiger partial charge in [0.25, 0.3) is 0 Å². The molecule has 0 saturated carbocycles. The average Bonchev–Trinajstić information content (AvgIpc) is 2.06. The largest absolute Gasteiger partial charge is 0.347 e. The molecule has 3 heteroatoms. The van der Waals surface area contributed by atoms with E-state index in [4.69, 9.17) is 0 Å². The highest BCUT2D eigenvalue weighted by Gasteiger charge is 2.25. The van der Waals surface area contributed by atoms with Gasteiger partial charge in [-0.1, -0.05) is 0 Å². The van der Waals surface area contributed by atoms with Crippen LogP contribution in [-0.4, -0.2) is 48.7 Å². The van der Waals surface area contributed by atoms with E-state index in [1.807, 2.05) is 0 Å². The zero-order valence-electron chi connectivity index (χ0n) is 7.14. The predicted octanol–water partition coefficient (Wildman–Crippen LogP) is -0.316. The molecule has 0 aromatic rings. The van der Waals surface area contributed by atoms with E-state index in [1.165, 1.54) is 38.4 Å². The summed E-state index contributed by atoms with van der Waals surface area (Å²) in [6, 6.07) is 0. The van der Waals surface area contributed by atoms with Crippen LogP contribution in [0.5, 0.6) is 0 Å². The van der Waals surface area contributed by atoms with Crippen molar-refractivity contribution in [1.82, 2.24) is 10.2 Å². The number of nitrogens with one attached hydrogen (secondary N) is 1. The first-order valence-corrected chi connectivity index (χ1v) is 4.45. The second-order valence-electron chi connectivity index (χ2n) is 3.37. The zero-order valence-corrected chi connectivity index (χ0v) is 7.14. The van der Waals surface area contributed by atoms with Gasteiger partial charge >= 0.3 is 5.96 Å². The Bertz CT molecular complexity index is 182. The van der Waals surface area contributed by atoms with Gasteiger partial charge in [0.15, 0.2) is 0 Å². The van der Waals surface area contributed by atoms with Crippen LogP contribution in [0.4, 0.5) is 0 Å². The van der Waals surface area contributed by atoms with Crippen molar-refractivity contribution in [3.8, 4) is 0 Å². The minimum Gasteiger partial charge on any atom is -0.278 e. The Labute approximate surface area is 67.7 Å². The summed E-state index contributed by atoms with van der Waals surface area (Å²) in [4.78, 5) is 2.32. The molecule has 2 heterocycles. The Morgan fingerprint density at radius 1 is 1.36 bits per heavy atom.